The van der Waals surface area contributed by atoms with E-state index in [4.69, 9.17) is 8.94 Å². The van der Waals surface area contributed by atoms with Gasteiger partial charge in [0.2, 0.25) is 17.6 Å². The molecule has 0 radical (unpaired) electrons. The number of furan rings is 1. The van der Waals surface area contributed by atoms with Crippen molar-refractivity contribution >= 4 is 11.8 Å². The van der Waals surface area contributed by atoms with Gasteiger partial charge in [0.1, 0.15) is 4.92 Å². The maximum atomic E-state index is 11.0. The van der Waals surface area contributed by atoms with Gasteiger partial charge in [0.05, 0.1) is 12.6 Å². The Morgan fingerprint density at radius 1 is 1.53 bits per heavy atom. The summed E-state index contributed by atoms with van der Waals surface area (Å²) in [6, 6.07) is 2.57. The third-order valence-corrected chi connectivity index (χ3v) is 2.22. The lowest BCUT2D eigenvalue weighted by Crippen LogP contribution is -2.21. The molecule has 0 aliphatic carbocycles. The van der Waals surface area contributed by atoms with Crippen LogP contribution >= 0.6 is 0 Å². The highest BCUT2D eigenvalue weighted by atomic mass is 16.6. The van der Waals surface area contributed by atoms with Crippen LogP contribution in [0.4, 0.5) is 5.88 Å². The van der Waals surface area contributed by atoms with E-state index in [2.05, 4.69) is 15.5 Å². The summed E-state index contributed by atoms with van der Waals surface area (Å²) < 4.78 is 9.80. The standard InChI is InChI=1S/C10H10N4O5/c1-2-7(15)11-5-8-12-10(13-19-8)6-3-4-9(18-6)14(16)17/h3-4H,2,5H2,1H3,(H,11,15). The smallest absolute Gasteiger partial charge is 0.397 e. The van der Waals surface area contributed by atoms with Gasteiger partial charge < -0.3 is 14.3 Å². The van der Waals surface area contributed by atoms with Crippen LogP contribution in [0.1, 0.15) is 19.2 Å². The zero-order valence-corrected chi connectivity index (χ0v) is 9.95. The molecule has 2 aromatic rings. The number of hydrogen-bond donors (Lipinski definition) is 1. The second-order valence-electron chi connectivity index (χ2n) is 3.54. The van der Waals surface area contributed by atoms with E-state index < -0.39 is 10.8 Å². The average molecular weight is 266 g/mol. The van der Waals surface area contributed by atoms with Crippen molar-refractivity contribution in [1.82, 2.24) is 15.5 Å². The molecule has 100 valence electrons. The maximum absolute atomic E-state index is 11.0. The normalized spacial score (nSPS) is 10.4. The summed E-state index contributed by atoms with van der Waals surface area (Å²) in [5.41, 5.74) is 0. The molecule has 0 aliphatic heterocycles. The number of rotatable bonds is 5. The van der Waals surface area contributed by atoms with Crippen molar-refractivity contribution < 1.29 is 18.7 Å². The van der Waals surface area contributed by atoms with Gasteiger partial charge in [-0.25, -0.2) is 0 Å². The van der Waals surface area contributed by atoms with E-state index in [9.17, 15) is 14.9 Å². The number of hydrogen-bond acceptors (Lipinski definition) is 7. The summed E-state index contributed by atoms with van der Waals surface area (Å²) in [6.45, 7) is 1.82. The van der Waals surface area contributed by atoms with Crippen LogP contribution in [0.25, 0.3) is 11.6 Å². The van der Waals surface area contributed by atoms with E-state index in [0.717, 1.165) is 0 Å². The van der Waals surface area contributed by atoms with Crippen LogP contribution in [-0.4, -0.2) is 21.0 Å². The summed E-state index contributed by atoms with van der Waals surface area (Å²) in [5, 5.41) is 16.6. The Morgan fingerprint density at radius 3 is 2.95 bits per heavy atom. The number of nitrogens with zero attached hydrogens (tertiary/aromatic N) is 3. The van der Waals surface area contributed by atoms with Gasteiger partial charge in [-0.2, -0.15) is 4.98 Å². The van der Waals surface area contributed by atoms with Crippen molar-refractivity contribution in [2.45, 2.75) is 19.9 Å². The number of amides is 1. The number of nitro groups is 1. The Kier molecular flexibility index (Phi) is 3.55. The Hall–Kier alpha value is -2.71. The van der Waals surface area contributed by atoms with Gasteiger partial charge in [-0.15, -0.1) is 0 Å². The molecule has 2 rings (SSSR count). The molecule has 1 N–H and O–H groups in total. The fraction of sp³-hybridized carbons (Fsp3) is 0.300. The summed E-state index contributed by atoms with van der Waals surface area (Å²) in [5.74, 6) is -0.137. The van der Waals surface area contributed by atoms with Crippen LogP contribution in [0, 0.1) is 10.1 Å². The highest BCUT2D eigenvalue weighted by Gasteiger charge is 2.17. The second kappa shape index (κ2) is 5.29. The Bertz CT molecular complexity index is 603. The van der Waals surface area contributed by atoms with Gasteiger partial charge in [0, 0.05) is 6.42 Å². The van der Waals surface area contributed by atoms with Gasteiger partial charge >= 0.3 is 5.88 Å². The number of nitrogens with one attached hydrogen (secondary N) is 1. The lowest BCUT2D eigenvalue weighted by molar-refractivity contribution is -0.401. The first-order valence-electron chi connectivity index (χ1n) is 5.44. The number of carbonyl (C=O) groups is 1. The van der Waals surface area contributed by atoms with Crippen molar-refractivity contribution in [2.75, 3.05) is 0 Å². The summed E-state index contributed by atoms with van der Waals surface area (Å²) in [6.07, 6.45) is 0.353. The first-order chi connectivity index (χ1) is 9.10. The Balaban J connectivity index is 2.07. The fourth-order valence-electron chi connectivity index (χ4n) is 1.27. The molecule has 1 amide bonds. The fourth-order valence-corrected chi connectivity index (χ4v) is 1.27. The van der Waals surface area contributed by atoms with Gasteiger partial charge in [0.15, 0.2) is 5.76 Å². The van der Waals surface area contributed by atoms with Crippen LogP contribution in [0.15, 0.2) is 21.1 Å². The van der Waals surface area contributed by atoms with Crippen LogP contribution in [0.5, 0.6) is 0 Å². The van der Waals surface area contributed by atoms with Crippen LogP contribution in [0.3, 0.4) is 0 Å². The molecule has 2 heterocycles. The van der Waals surface area contributed by atoms with E-state index in [1.807, 2.05) is 0 Å². The first kappa shape index (κ1) is 12.7. The van der Waals surface area contributed by atoms with Crippen molar-refractivity contribution in [2.24, 2.45) is 0 Å². The molecule has 9 heteroatoms. The molecule has 0 aromatic carbocycles. The average Bonchev–Trinajstić information content (AvgIpc) is 3.04. The van der Waals surface area contributed by atoms with E-state index in [1.165, 1.54) is 12.1 Å². The van der Waals surface area contributed by atoms with E-state index in [0.29, 0.717) is 6.42 Å². The molecule has 0 spiro atoms. The number of carbonyl (C=O) groups excluding carboxylic acids is 1. The van der Waals surface area contributed by atoms with Crippen LogP contribution < -0.4 is 5.32 Å². The molecule has 0 bridgehead atoms. The molecule has 19 heavy (non-hydrogen) atoms. The predicted octanol–water partition coefficient (Wildman–Crippen LogP) is 1.26. The molecular formula is C10H10N4O5. The van der Waals surface area contributed by atoms with Crippen molar-refractivity contribution in [3.8, 4) is 11.6 Å². The summed E-state index contributed by atoms with van der Waals surface area (Å²) >= 11 is 0. The van der Waals surface area contributed by atoms with E-state index in [1.54, 1.807) is 6.92 Å². The van der Waals surface area contributed by atoms with Gasteiger partial charge in [-0.3, -0.25) is 14.9 Å². The van der Waals surface area contributed by atoms with Gasteiger partial charge in [0.25, 0.3) is 0 Å². The molecule has 0 aliphatic rings. The molecule has 0 atom stereocenters. The van der Waals surface area contributed by atoms with Crippen molar-refractivity contribution in [3.63, 3.8) is 0 Å². The largest absolute Gasteiger partial charge is 0.433 e. The minimum absolute atomic E-state index is 0.0915. The molecule has 0 saturated carbocycles. The van der Waals surface area contributed by atoms with Gasteiger partial charge in [-0.1, -0.05) is 12.1 Å². The molecular weight excluding hydrogens is 256 g/mol. The first-order valence-corrected chi connectivity index (χ1v) is 5.44. The lowest BCUT2D eigenvalue weighted by atomic mass is 10.4. The zero-order chi connectivity index (χ0) is 13.8. The summed E-state index contributed by atoms with van der Waals surface area (Å²) in [4.78, 5) is 24.8. The molecule has 9 nitrogen and oxygen atoms in total. The lowest BCUT2D eigenvalue weighted by Gasteiger charge is -1.96. The number of aromatic nitrogens is 2. The third kappa shape index (κ3) is 2.94. The quantitative estimate of drug-likeness (QED) is 0.637. The predicted molar refractivity (Wildman–Crippen MR) is 60.8 cm³/mol. The Labute approximate surface area is 106 Å². The van der Waals surface area contributed by atoms with Crippen molar-refractivity contribution in [3.05, 3.63) is 28.1 Å². The Morgan fingerprint density at radius 2 is 2.32 bits per heavy atom. The van der Waals surface area contributed by atoms with E-state index in [-0.39, 0.29) is 29.9 Å². The molecule has 0 saturated heterocycles. The third-order valence-electron chi connectivity index (χ3n) is 2.22. The molecule has 2 aromatic heterocycles. The topological polar surface area (TPSA) is 124 Å². The van der Waals surface area contributed by atoms with Gasteiger partial charge in [-0.05, 0) is 6.07 Å². The second-order valence-corrected chi connectivity index (χ2v) is 3.54. The van der Waals surface area contributed by atoms with Crippen LogP contribution in [-0.2, 0) is 11.3 Å². The monoisotopic (exact) mass is 266 g/mol. The van der Waals surface area contributed by atoms with Crippen molar-refractivity contribution in [1.29, 1.82) is 0 Å². The molecule has 0 fully saturated rings. The molecule has 0 unspecified atom stereocenters. The maximum Gasteiger partial charge on any atom is 0.433 e. The SMILES string of the molecule is CCC(=O)NCc1nc(-c2ccc([N+](=O)[O-])o2)no1. The van der Waals surface area contributed by atoms with E-state index >= 15 is 0 Å². The zero-order valence-electron chi connectivity index (χ0n) is 9.95. The highest BCUT2D eigenvalue weighted by molar-refractivity contribution is 5.75. The minimum Gasteiger partial charge on any atom is -0.397 e. The van der Waals surface area contributed by atoms with Crippen LogP contribution in [0.2, 0.25) is 0 Å². The minimum atomic E-state index is -0.661. The highest BCUT2D eigenvalue weighted by Crippen LogP contribution is 2.23. The summed E-state index contributed by atoms with van der Waals surface area (Å²) in [7, 11) is 0.